The molecule has 2 aromatic carbocycles. The van der Waals surface area contributed by atoms with Gasteiger partial charge in [0.2, 0.25) is 10.0 Å². The van der Waals surface area contributed by atoms with Gasteiger partial charge < -0.3 is 9.64 Å². The van der Waals surface area contributed by atoms with Gasteiger partial charge >= 0.3 is 0 Å². The Morgan fingerprint density at radius 2 is 1.76 bits per heavy atom. The summed E-state index contributed by atoms with van der Waals surface area (Å²) in [6.45, 7) is 0.836. The molecule has 1 heterocycles. The van der Waals surface area contributed by atoms with Crippen molar-refractivity contribution in [3.63, 3.8) is 0 Å². The Morgan fingerprint density at radius 1 is 1.09 bits per heavy atom. The molecule has 0 bridgehead atoms. The van der Waals surface area contributed by atoms with Crippen molar-refractivity contribution in [1.29, 1.82) is 0 Å². The first-order valence-electron chi connectivity index (χ1n) is 10.8. The maximum Gasteiger partial charge on any atom is 0.267 e. The van der Waals surface area contributed by atoms with E-state index in [9.17, 15) is 22.4 Å². The van der Waals surface area contributed by atoms with Gasteiger partial charge in [0.1, 0.15) is 17.7 Å². The average molecular weight is 529 g/mol. The average Bonchev–Trinajstić information content (AvgIpc) is 3.57. The molecule has 34 heavy (non-hydrogen) atoms. The summed E-state index contributed by atoms with van der Waals surface area (Å²) in [5.41, 5.74) is 0.687. The second-order valence-electron chi connectivity index (χ2n) is 8.64. The monoisotopic (exact) mass is 528 g/mol. The Morgan fingerprint density at radius 3 is 2.38 bits per heavy atom. The smallest absolute Gasteiger partial charge is 0.267 e. The van der Waals surface area contributed by atoms with Crippen LogP contribution in [0.5, 0.6) is 5.75 Å². The van der Waals surface area contributed by atoms with Crippen molar-refractivity contribution in [2.75, 3.05) is 19.3 Å². The first-order valence-corrected chi connectivity index (χ1v) is 13.4. The van der Waals surface area contributed by atoms with Gasteiger partial charge in [-0.3, -0.25) is 9.59 Å². The summed E-state index contributed by atoms with van der Waals surface area (Å²) in [7, 11) is -3.83. The molecule has 1 saturated heterocycles. The van der Waals surface area contributed by atoms with E-state index in [1.54, 1.807) is 27.8 Å². The minimum absolute atomic E-state index is 0.107. The van der Waals surface area contributed by atoms with Gasteiger partial charge in [-0.15, -0.1) is 0 Å². The van der Waals surface area contributed by atoms with E-state index in [4.69, 9.17) is 27.9 Å². The lowest BCUT2D eigenvalue weighted by Crippen LogP contribution is -2.44. The van der Waals surface area contributed by atoms with Crippen LogP contribution in [0.4, 0.5) is 4.39 Å². The van der Waals surface area contributed by atoms with Gasteiger partial charge in [0.05, 0.1) is 18.4 Å². The number of sulfonamides is 1. The number of ether oxygens (including phenoxy) is 1. The Kier molecular flexibility index (Phi) is 7.07. The molecular formula is C23H23Cl2FN2O5S. The van der Waals surface area contributed by atoms with Crippen LogP contribution in [0.25, 0.3) is 0 Å². The highest BCUT2D eigenvalue weighted by molar-refractivity contribution is 7.89. The topological polar surface area (TPSA) is 92.8 Å². The van der Waals surface area contributed by atoms with Gasteiger partial charge in [-0.05, 0) is 61.4 Å². The third kappa shape index (κ3) is 6.00. The molecule has 2 fully saturated rings. The summed E-state index contributed by atoms with van der Waals surface area (Å²) in [6, 6.07) is 7.16. The number of likely N-dealkylation sites (tertiary alicyclic amines) is 1. The number of benzene rings is 2. The fourth-order valence-corrected chi connectivity index (χ4v) is 5.02. The number of nitrogens with zero attached hydrogens (tertiary/aromatic N) is 1. The highest BCUT2D eigenvalue weighted by atomic mass is 35.5. The van der Waals surface area contributed by atoms with Gasteiger partial charge in [-0.2, -0.15) is 0 Å². The van der Waals surface area contributed by atoms with Crippen LogP contribution in [-0.2, 0) is 10.0 Å². The van der Waals surface area contributed by atoms with E-state index in [-0.39, 0.29) is 23.5 Å². The molecule has 182 valence electrons. The fraction of sp³-hybridized carbons (Fsp3) is 0.391. The summed E-state index contributed by atoms with van der Waals surface area (Å²) in [6.07, 6.45) is 3.54. The zero-order chi connectivity index (χ0) is 24.6. The van der Waals surface area contributed by atoms with Crippen molar-refractivity contribution in [3.05, 3.63) is 62.9 Å². The molecule has 1 N–H and O–H groups in total. The van der Waals surface area contributed by atoms with Gasteiger partial charge in [-0.25, -0.2) is 17.5 Å². The summed E-state index contributed by atoms with van der Waals surface area (Å²) in [4.78, 5) is 26.9. The fourth-order valence-electron chi connectivity index (χ4n) is 4.04. The van der Waals surface area contributed by atoms with Crippen LogP contribution in [-0.4, -0.2) is 50.6 Å². The van der Waals surface area contributed by atoms with Crippen LogP contribution in [0.2, 0.25) is 10.0 Å². The molecule has 2 aliphatic rings. The number of carbonyl (C=O) groups is 2. The van der Waals surface area contributed by atoms with E-state index in [1.165, 1.54) is 6.07 Å². The van der Waals surface area contributed by atoms with Crippen molar-refractivity contribution < 1.29 is 27.1 Å². The van der Waals surface area contributed by atoms with E-state index in [0.717, 1.165) is 25.2 Å². The van der Waals surface area contributed by atoms with E-state index in [0.29, 0.717) is 52.9 Å². The Balaban J connectivity index is 1.53. The normalized spacial score (nSPS) is 18.5. The zero-order valence-corrected chi connectivity index (χ0v) is 20.6. The van der Waals surface area contributed by atoms with Gasteiger partial charge in [0.15, 0.2) is 0 Å². The molecule has 4 rings (SSSR count). The van der Waals surface area contributed by atoms with Crippen LogP contribution < -0.4 is 9.46 Å². The highest BCUT2D eigenvalue weighted by Gasteiger charge is 2.32. The largest absolute Gasteiger partial charge is 0.488 e. The number of hydrogen-bond donors (Lipinski definition) is 1. The quantitative estimate of drug-likeness (QED) is 0.600. The summed E-state index contributed by atoms with van der Waals surface area (Å²) in [5, 5.41) is 0.732. The molecular weight excluding hydrogens is 506 g/mol. The first kappa shape index (κ1) is 24.8. The maximum absolute atomic E-state index is 14.8. The van der Waals surface area contributed by atoms with Crippen LogP contribution in [0.15, 0.2) is 30.3 Å². The predicted octanol–water partition coefficient (Wildman–Crippen LogP) is 4.38. The molecule has 1 unspecified atom stereocenters. The third-order valence-corrected chi connectivity index (χ3v) is 6.70. The standard InChI is InChI=1S/C23H23Cl2FN2O5S/c1-34(31,32)27-22(29)19-10-18(13-4-5-13)21(11-20(19)26)33-17-3-2-6-28(12-17)23(30)14-7-15(24)9-16(25)8-14/h7-11,13,17H,2-6,12H2,1H3,(H,27,29). The third-order valence-electron chi connectivity index (χ3n) is 5.71. The van der Waals surface area contributed by atoms with Crippen molar-refractivity contribution in [2.45, 2.75) is 37.7 Å². The number of amides is 2. The van der Waals surface area contributed by atoms with E-state index >= 15 is 0 Å². The molecule has 1 saturated carbocycles. The van der Waals surface area contributed by atoms with Crippen LogP contribution in [0, 0.1) is 5.82 Å². The lowest BCUT2D eigenvalue weighted by atomic mass is 10.0. The number of halogens is 3. The van der Waals surface area contributed by atoms with Crippen molar-refractivity contribution >= 4 is 45.0 Å². The molecule has 1 atom stereocenters. The second-order valence-corrected chi connectivity index (χ2v) is 11.3. The molecule has 0 aromatic heterocycles. The van der Waals surface area contributed by atoms with Crippen molar-refractivity contribution in [1.82, 2.24) is 9.62 Å². The van der Waals surface area contributed by atoms with Gasteiger partial charge in [-0.1, -0.05) is 23.2 Å². The molecule has 0 radical (unpaired) electrons. The number of nitrogens with one attached hydrogen (secondary N) is 1. The summed E-state index contributed by atoms with van der Waals surface area (Å²) in [5.74, 6) is -1.71. The summed E-state index contributed by atoms with van der Waals surface area (Å²) < 4.78 is 45.5. The molecule has 2 aromatic rings. The minimum atomic E-state index is -3.83. The lowest BCUT2D eigenvalue weighted by Gasteiger charge is -2.33. The molecule has 0 spiro atoms. The number of hydrogen-bond acceptors (Lipinski definition) is 5. The van der Waals surface area contributed by atoms with Crippen molar-refractivity contribution in [2.24, 2.45) is 0 Å². The van der Waals surface area contributed by atoms with Gasteiger partial charge in [0, 0.05) is 28.2 Å². The highest BCUT2D eigenvalue weighted by Crippen LogP contribution is 2.45. The van der Waals surface area contributed by atoms with Gasteiger partial charge in [0.25, 0.3) is 11.8 Å². The first-order chi connectivity index (χ1) is 16.0. The van der Waals surface area contributed by atoms with Crippen LogP contribution >= 0.6 is 23.2 Å². The lowest BCUT2D eigenvalue weighted by molar-refractivity contribution is 0.0535. The maximum atomic E-state index is 14.8. The number of carbonyl (C=O) groups excluding carboxylic acids is 2. The van der Waals surface area contributed by atoms with Crippen molar-refractivity contribution in [3.8, 4) is 5.75 Å². The molecule has 7 nitrogen and oxygen atoms in total. The Hall–Kier alpha value is -2.36. The van der Waals surface area contributed by atoms with E-state index < -0.39 is 21.7 Å². The Labute approximate surface area is 207 Å². The number of rotatable bonds is 6. The van der Waals surface area contributed by atoms with E-state index in [1.807, 2.05) is 0 Å². The number of piperidine rings is 1. The molecule has 1 aliphatic carbocycles. The minimum Gasteiger partial charge on any atom is -0.488 e. The molecule has 1 aliphatic heterocycles. The van der Waals surface area contributed by atoms with Crippen LogP contribution in [0.3, 0.4) is 0 Å². The SMILES string of the molecule is CS(=O)(=O)NC(=O)c1cc(C2CC2)c(OC2CCCN(C(=O)c3cc(Cl)cc(Cl)c3)C2)cc1F. The van der Waals surface area contributed by atoms with E-state index in [2.05, 4.69) is 0 Å². The van der Waals surface area contributed by atoms with Crippen LogP contribution in [0.1, 0.15) is 57.9 Å². The summed E-state index contributed by atoms with van der Waals surface area (Å²) >= 11 is 12.1. The second kappa shape index (κ2) is 9.71. The molecule has 11 heteroatoms. The Bertz CT molecular complexity index is 1230. The predicted molar refractivity (Wildman–Crippen MR) is 127 cm³/mol. The zero-order valence-electron chi connectivity index (χ0n) is 18.3. The molecule has 2 amide bonds.